The predicted molar refractivity (Wildman–Crippen MR) is 124 cm³/mol. The van der Waals surface area contributed by atoms with Crippen LogP contribution in [-0.2, 0) is 9.31 Å². The monoisotopic (exact) mass is 396 g/mol. The maximum absolute atomic E-state index is 6.44. The first-order chi connectivity index (χ1) is 14.2. The molecule has 3 heteroatoms. The van der Waals surface area contributed by atoms with E-state index >= 15 is 0 Å². The number of aryl methyl sites for hydroxylation is 2. The normalized spacial score (nSPS) is 19.1. The highest BCUT2D eigenvalue weighted by atomic mass is 16.7. The minimum Gasteiger partial charge on any atom is -0.399 e. The Kier molecular flexibility index (Phi) is 4.29. The van der Waals surface area contributed by atoms with Crippen molar-refractivity contribution in [2.75, 3.05) is 0 Å². The molecule has 0 atom stereocenters. The van der Waals surface area contributed by atoms with Gasteiger partial charge in [0.25, 0.3) is 0 Å². The van der Waals surface area contributed by atoms with E-state index in [-0.39, 0.29) is 24.2 Å². The Labute approximate surface area is 180 Å². The summed E-state index contributed by atoms with van der Waals surface area (Å²) in [7, 11) is -0.366. The van der Waals surface area contributed by atoms with E-state index in [0.29, 0.717) is 0 Å². The Balaban J connectivity index is 1.69. The first kappa shape index (κ1) is 19.6. The van der Waals surface area contributed by atoms with Crippen LogP contribution in [0.25, 0.3) is 11.1 Å². The van der Waals surface area contributed by atoms with Crippen molar-refractivity contribution < 1.29 is 9.31 Å². The van der Waals surface area contributed by atoms with E-state index in [1.54, 1.807) is 0 Å². The van der Waals surface area contributed by atoms with Gasteiger partial charge in [-0.2, -0.15) is 0 Å². The molecular weight excluding hydrogens is 367 g/mol. The number of hydrogen-bond acceptors (Lipinski definition) is 2. The Morgan fingerprint density at radius 2 is 1.17 bits per heavy atom. The predicted octanol–water partition coefficient (Wildman–Crippen LogP) is 5.76. The van der Waals surface area contributed by atoms with Crippen LogP contribution in [0.4, 0.5) is 0 Å². The molecule has 0 bridgehead atoms. The van der Waals surface area contributed by atoms with Crippen molar-refractivity contribution in [1.29, 1.82) is 0 Å². The molecule has 0 aromatic heterocycles. The first-order valence-electron chi connectivity index (χ1n) is 10.8. The summed E-state index contributed by atoms with van der Waals surface area (Å²) in [5.41, 5.74) is 9.70. The number of benzene rings is 3. The molecule has 1 fully saturated rings. The van der Waals surface area contributed by atoms with Gasteiger partial charge in [0.15, 0.2) is 0 Å². The van der Waals surface area contributed by atoms with Gasteiger partial charge in [0.05, 0.1) is 11.2 Å². The summed E-state index contributed by atoms with van der Waals surface area (Å²) in [6, 6.07) is 22.3. The van der Waals surface area contributed by atoms with Gasteiger partial charge in [-0.3, -0.25) is 0 Å². The van der Waals surface area contributed by atoms with E-state index in [4.69, 9.17) is 9.31 Å². The van der Waals surface area contributed by atoms with Crippen LogP contribution in [0.5, 0.6) is 0 Å². The fourth-order valence-electron chi connectivity index (χ4n) is 4.77. The molecule has 3 aromatic carbocycles. The third kappa shape index (κ3) is 2.87. The minimum absolute atomic E-state index is 0.187. The molecule has 1 heterocycles. The third-order valence-electron chi connectivity index (χ3n) is 7.14. The molecule has 2 nitrogen and oxygen atoms in total. The van der Waals surface area contributed by atoms with Gasteiger partial charge in [0, 0.05) is 5.92 Å². The molecule has 0 N–H and O–H groups in total. The summed E-state index contributed by atoms with van der Waals surface area (Å²) >= 11 is 0. The van der Waals surface area contributed by atoms with Crippen LogP contribution in [0, 0.1) is 13.8 Å². The van der Waals surface area contributed by atoms with Crippen LogP contribution in [0.2, 0.25) is 0 Å². The topological polar surface area (TPSA) is 18.5 Å². The summed E-state index contributed by atoms with van der Waals surface area (Å²) < 4.78 is 12.9. The van der Waals surface area contributed by atoms with Crippen LogP contribution in [-0.4, -0.2) is 18.3 Å². The molecule has 1 aliphatic carbocycles. The largest absolute Gasteiger partial charge is 0.495 e. The van der Waals surface area contributed by atoms with Gasteiger partial charge in [-0.25, -0.2) is 0 Å². The van der Waals surface area contributed by atoms with E-state index in [1.807, 2.05) is 0 Å². The van der Waals surface area contributed by atoms with Gasteiger partial charge in [-0.15, -0.1) is 0 Å². The van der Waals surface area contributed by atoms with Gasteiger partial charge in [-0.1, -0.05) is 71.8 Å². The van der Waals surface area contributed by atoms with Crippen molar-refractivity contribution in [3.8, 4) is 11.1 Å². The average Bonchev–Trinajstić information content (AvgIpc) is 3.11. The highest BCUT2D eigenvalue weighted by Gasteiger charge is 2.52. The summed E-state index contributed by atoms with van der Waals surface area (Å²) in [6.45, 7) is 12.8. The lowest BCUT2D eigenvalue weighted by Crippen LogP contribution is -2.41. The first-order valence-corrected chi connectivity index (χ1v) is 10.8. The van der Waals surface area contributed by atoms with Gasteiger partial charge in [0.2, 0.25) is 0 Å². The lowest BCUT2D eigenvalue weighted by Gasteiger charge is -2.32. The van der Waals surface area contributed by atoms with Crippen LogP contribution in [0.3, 0.4) is 0 Å². The molecule has 152 valence electrons. The van der Waals surface area contributed by atoms with Gasteiger partial charge < -0.3 is 9.31 Å². The average molecular weight is 396 g/mol. The second-order valence-electron chi connectivity index (χ2n) is 9.83. The Bertz CT molecular complexity index is 1080. The minimum atomic E-state index is -0.366. The van der Waals surface area contributed by atoms with Crippen molar-refractivity contribution in [3.63, 3.8) is 0 Å². The van der Waals surface area contributed by atoms with Gasteiger partial charge >= 0.3 is 7.12 Å². The van der Waals surface area contributed by atoms with Gasteiger partial charge in [0.1, 0.15) is 0 Å². The Morgan fingerprint density at radius 1 is 0.667 bits per heavy atom. The van der Waals surface area contributed by atoms with Crippen molar-refractivity contribution in [3.05, 3.63) is 88.5 Å². The quantitative estimate of drug-likeness (QED) is 0.401. The number of hydrogen-bond donors (Lipinski definition) is 0. The SMILES string of the molecule is Cc1ccc2c(c1)-c1cc(C)ccc1C2c1ccccc1B1OC(C)(C)C(C)(C)O1. The van der Waals surface area contributed by atoms with Crippen molar-refractivity contribution in [1.82, 2.24) is 0 Å². The molecule has 3 aromatic rings. The summed E-state index contributed by atoms with van der Waals surface area (Å²) in [5.74, 6) is 0.187. The molecular formula is C27H29BO2. The lowest BCUT2D eigenvalue weighted by atomic mass is 9.71. The second kappa shape index (κ2) is 6.57. The van der Waals surface area contributed by atoms with Gasteiger partial charge in [-0.05, 0) is 74.8 Å². The van der Waals surface area contributed by atoms with Crippen molar-refractivity contribution in [2.45, 2.75) is 58.7 Å². The molecule has 0 amide bonds. The summed E-state index contributed by atoms with van der Waals surface area (Å²) in [6.07, 6.45) is 0. The highest BCUT2D eigenvalue weighted by molar-refractivity contribution is 6.62. The molecule has 2 aliphatic rings. The van der Waals surface area contributed by atoms with Crippen LogP contribution in [0.15, 0.2) is 60.7 Å². The molecule has 1 saturated heterocycles. The Hall–Kier alpha value is -2.36. The molecule has 0 saturated carbocycles. The zero-order chi connectivity index (χ0) is 21.3. The third-order valence-corrected chi connectivity index (χ3v) is 7.14. The van der Waals surface area contributed by atoms with Crippen molar-refractivity contribution >= 4 is 12.6 Å². The maximum Gasteiger partial charge on any atom is 0.495 e. The molecule has 0 spiro atoms. The van der Waals surface area contributed by atoms with Crippen molar-refractivity contribution in [2.24, 2.45) is 0 Å². The van der Waals surface area contributed by atoms with E-state index in [2.05, 4.69) is 102 Å². The van der Waals surface area contributed by atoms with Crippen LogP contribution < -0.4 is 5.46 Å². The van der Waals surface area contributed by atoms with E-state index in [9.17, 15) is 0 Å². The second-order valence-corrected chi connectivity index (χ2v) is 9.83. The lowest BCUT2D eigenvalue weighted by molar-refractivity contribution is 0.00578. The fourth-order valence-corrected chi connectivity index (χ4v) is 4.77. The van der Waals surface area contributed by atoms with Crippen LogP contribution >= 0.6 is 0 Å². The zero-order valence-corrected chi connectivity index (χ0v) is 18.7. The maximum atomic E-state index is 6.44. The molecule has 1 aliphatic heterocycles. The zero-order valence-electron chi connectivity index (χ0n) is 18.7. The fraction of sp³-hybridized carbons (Fsp3) is 0.333. The molecule has 0 unspecified atom stereocenters. The molecule has 30 heavy (non-hydrogen) atoms. The number of fused-ring (bicyclic) bond motifs is 3. The molecule has 0 radical (unpaired) electrons. The molecule has 5 rings (SSSR count). The summed E-state index contributed by atoms with van der Waals surface area (Å²) in [5, 5.41) is 0. The summed E-state index contributed by atoms with van der Waals surface area (Å²) in [4.78, 5) is 0. The standard InChI is InChI=1S/C27H29BO2/c1-17-11-13-19-22(15-17)23-16-18(2)12-14-20(23)25(19)21-9-7-8-10-24(21)28-29-26(3,4)27(5,6)30-28/h7-16,25H,1-6H3. The number of rotatable bonds is 2. The smallest absolute Gasteiger partial charge is 0.399 e. The highest BCUT2D eigenvalue weighted by Crippen LogP contribution is 2.48. The van der Waals surface area contributed by atoms with E-state index in [0.717, 1.165) is 5.46 Å². The van der Waals surface area contributed by atoms with E-state index < -0.39 is 0 Å². The Morgan fingerprint density at radius 3 is 1.70 bits per heavy atom. The van der Waals surface area contributed by atoms with E-state index in [1.165, 1.54) is 38.9 Å². The van der Waals surface area contributed by atoms with Crippen LogP contribution in [0.1, 0.15) is 61.4 Å².